The van der Waals surface area contributed by atoms with Crippen molar-refractivity contribution < 1.29 is 13.5 Å². The van der Waals surface area contributed by atoms with Gasteiger partial charge in [0.1, 0.15) is 11.6 Å². The van der Waals surface area contributed by atoms with E-state index in [1.807, 2.05) is 0 Å². The van der Waals surface area contributed by atoms with Crippen molar-refractivity contribution in [2.24, 2.45) is 5.84 Å². The van der Waals surface area contributed by atoms with E-state index in [9.17, 15) is 8.78 Å². The molecule has 1 saturated heterocycles. The third-order valence-corrected chi connectivity index (χ3v) is 3.71. The zero-order valence-corrected chi connectivity index (χ0v) is 11.2. The second-order valence-electron chi connectivity index (χ2n) is 4.72. The highest BCUT2D eigenvalue weighted by Crippen LogP contribution is 2.28. The minimum atomic E-state index is -0.643. The second kappa shape index (κ2) is 6.61. The van der Waals surface area contributed by atoms with Crippen LogP contribution in [0.3, 0.4) is 0 Å². The normalized spacial score (nSPS) is 20.7. The molecule has 0 saturated carbocycles. The van der Waals surface area contributed by atoms with E-state index in [0.717, 1.165) is 38.0 Å². The van der Waals surface area contributed by atoms with Gasteiger partial charge in [-0.15, -0.1) is 0 Å². The smallest absolute Gasteiger partial charge is 0.142 e. The highest BCUT2D eigenvalue weighted by atomic mass is 35.5. The van der Waals surface area contributed by atoms with Gasteiger partial charge < -0.3 is 4.74 Å². The Labute approximate surface area is 116 Å². The first-order valence-corrected chi connectivity index (χ1v) is 6.71. The third-order valence-electron chi connectivity index (χ3n) is 3.42. The van der Waals surface area contributed by atoms with E-state index >= 15 is 0 Å². The highest BCUT2D eigenvalue weighted by molar-refractivity contribution is 6.30. The molecule has 0 aliphatic carbocycles. The molecule has 0 radical (unpaired) electrons. The van der Waals surface area contributed by atoms with E-state index < -0.39 is 17.7 Å². The average Bonchev–Trinajstić information content (AvgIpc) is 2.89. The number of nitrogens with two attached hydrogens (primary N) is 1. The number of ether oxygens (including phenoxy) is 1. The fraction of sp³-hybridized carbons (Fsp3) is 0.538. The van der Waals surface area contributed by atoms with Gasteiger partial charge in [0.05, 0.1) is 11.1 Å². The number of hydrogen-bond donors (Lipinski definition) is 2. The number of benzene rings is 1. The number of halogens is 3. The third kappa shape index (κ3) is 3.63. The summed E-state index contributed by atoms with van der Waals surface area (Å²) in [5, 5.41) is -0.226. The summed E-state index contributed by atoms with van der Waals surface area (Å²) in [6, 6.07) is 1.62. The summed E-state index contributed by atoms with van der Waals surface area (Å²) in [5.41, 5.74) is 2.72. The van der Waals surface area contributed by atoms with Crippen molar-refractivity contribution in [3.05, 3.63) is 34.4 Å². The molecule has 3 nitrogen and oxygen atoms in total. The molecule has 19 heavy (non-hydrogen) atoms. The predicted molar refractivity (Wildman–Crippen MR) is 69.6 cm³/mol. The lowest BCUT2D eigenvalue weighted by Gasteiger charge is -2.19. The minimum Gasteiger partial charge on any atom is -0.378 e. The van der Waals surface area contributed by atoms with Crippen molar-refractivity contribution in [1.82, 2.24) is 5.43 Å². The van der Waals surface area contributed by atoms with Gasteiger partial charge in [0.25, 0.3) is 0 Å². The molecular weight excluding hydrogens is 274 g/mol. The Hall–Kier alpha value is -0.750. The van der Waals surface area contributed by atoms with Gasteiger partial charge in [-0.2, -0.15) is 0 Å². The van der Waals surface area contributed by atoms with E-state index in [0.29, 0.717) is 6.42 Å². The van der Waals surface area contributed by atoms with Crippen LogP contribution < -0.4 is 11.3 Å². The Bertz CT molecular complexity index is 439. The van der Waals surface area contributed by atoms with Gasteiger partial charge in [-0.05, 0) is 37.8 Å². The molecule has 1 fully saturated rings. The molecule has 1 aliphatic heterocycles. The van der Waals surface area contributed by atoms with Crippen molar-refractivity contribution >= 4 is 11.6 Å². The van der Waals surface area contributed by atoms with E-state index in [-0.39, 0.29) is 16.7 Å². The molecule has 1 aromatic carbocycles. The van der Waals surface area contributed by atoms with Crippen molar-refractivity contribution in [3.63, 3.8) is 0 Å². The summed E-state index contributed by atoms with van der Waals surface area (Å²) in [6.45, 7) is 0.773. The van der Waals surface area contributed by atoms with Crippen LogP contribution >= 0.6 is 11.6 Å². The number of hydrogen-bond acceptors (Lipinski definition) is 3. The van der Waals surface area contributed by atoms with E-state index in [2.05, 4.69) is 5.43 Å². The van der Waals surface area contributed by atoms with Crippen LogP contribution in [0.4, 0.5) is 8.78 Å². The number of nitrogens with one attached hydrogen (secondary N) is 1. The van der Waals surface area contributed by atoms with E-state index in [1.54, 1.807) is 0 Å². The van der Waals surface area contributed by atoms with Crippen molar-refractivity contribution in [2.45, 2.75) is 37.8 Å². The van der Waals surface area contributed by atoms with Crippen LogP contribution in [-0.2, 0) is 4.74 Å². The number of rotatable bonds is 5. The average molecular weight is 291 g/mol. The molecule has 2 atom stereocenters. The second-order valence-corrected chi connectivity index (χ2v) is 5.13. The number of hydrazine groups is 1. The van der Waals surface area contributed by atoms with Crippen LogP contribution in [0, 0.1) is 11.6 Å². The summed E-state index contributed by atoms with van der Waals surface area (Å²) in [5.74, 6) is 4.24. The predicted octanol–water partition coefficient (Wildman–Crippen LogP) is 3.08. The Morgan fingerprint density at radius 1 is 1.42 bits per heavy atom. The Kier molecular flexibility index (Phi) is 5.10. The molecule has 0 spiro atoms. The van der Waals surface area contributed by atoms with Gasteiger partial charge in [0, 0.05) is 18.2 Å². The topological polar surface area (TPSA) is 47.3 Å². The molecule has 106 valence electrons. The van der Waals surface area contributed by atoms with E-state index in [4.69, 9.17) is 22.2 Å². The fourth-order valence-corrected chi connectivity index (χ4v) is 2.51. The van der Waals surface area contributed by atoms with Gasteiger partial charge in [-0.1, -0.05) is 11.6 Å². The van der Waals surface area contributed by atoms with Crippen molar-refractivity contribution in [2.75, 3.05) is 6.61 Å². The van der Waals surface area contributed by atoms with Crippen LogP contribution in [-0.4, -0.2) is 12.7 Å². The summed E-state index contributed by atoms with van der Waals surface area (Å²) in [7, 11) is 0. The molecule has 0 aromatic heterocycles. The Morgan fingerprint density at radius 2 is 2.21 bits per heavy atom. The lowest BCUT2D eigenvalue weighted by Crippen LogP contribution is -2.29. The first-order chi connectivity index (χ1) is 9.11. The first-order valence-electron chi connectivity index (χ1n) is 6.34. The molecule has 1 aromatic rings. The van der Waals surface area contributed by atoms with Crippen LogP contribution in [0.25, 0.3) is 0 Å². The molecule has 3 N–H and O–H groups in total. The monoisotopic (exact) mass is 290 g/mol. The van der Waals surface area contributed by atoms with Crippen molar-refractivity contribution in [3.8, 4) is 0 Å². The summed E-state index contributed by atoms with van der Waals surface area (Å²) >= 11 is 5.53. The summed E-state index contributed by atoms with van der Waals surface area (Å²) < 4.78 is 32.7. The molecule has 1 aliphatic rings. The zero-order valence-electron chi connectivity index (χ0n) is 10.5. The Balaban J connectivity index is 2.05. The highest BCUT2D eigenvalue weighted by Gasteiger charge is 2.21. The molecule has 6 heteroatoms. The van der Waals surface area contributed by atoms with Gasteiger partial charge >= 0.3 is 0 Å². The van der Waals surface area contributed by atoms with Gasteiger partial charge in [-0.3, -0.25) is 11.3 Å². The summed E-state index contributed by atoms with van der Waals surface area (Å²) in [4.78, 5) is 0. The maximum atomic E-state index is 13.8. The van der Waals surface area contributed by atoms with Crippen LogP contribution in [0.15, 0.2) is 12.1 Å². The van der Waals surface area contributed by atoms with Crippen molar-refractivity contribution in [1.29, 1.82) is 0 Å². The van der Waals surface area contributed by atoms with Gasteiger partial charge in [0.2, 0.25) is 0 Å². The van der Waals surface area contributed by atoms with E-state index in [1.165, 1.54) is 0 Å². The molecule has 0 amide bonds. The first kappa shape index (κ1) is 14.7. The Morgan fingerprint density at radius 3 is 2.84 bits per heavy atom. The molecule has 0 bridgehead atoms. The quantitative estimate of drug-likeness (QED) is 0.498. The van der Waals surface area contributed by atoms with Crippen LogP contribution in [0.5, 0.6) is 0 Å². The zero-order chi connectivity index (χ0) is 13.8. The summed E-state index contributed by atoms with van der Waals surface area (Å²) in [6.07, 6.45) is 3.60. The molecule has 2 unspecified atom stereocenters. The maximum absolute atomic E-state index is 13.8. The van der Waals surface area contributed by atoms with Gasteiger partial charge in [0.15, 0.2) is 0 Å². The lowest BCUT2D eigenvalue weighted by molar-refractivity contribution is 0.0994. The molecule has 2 rings (SSSR count). The van der Waals surface area contributed by atoms with Crippen LogP contribution in [0.2, 0.25) is 5.02 Å². The SMILES string of the molecule is NNC(CCC1CCCO1)c1cc(F)c(Cl)cc1F. The minimum absolute atomic E-state index is 0.191. The van der Waals surface area contributed by atoms with Gasteiger partial charge in [-0.25, -0.2) is 8.78 Å². The van der Waals surface area contributed by atoms with Crippen LogP contribution in [0.1, 0.15) is 37.3 Å². The lowest BCUT2D eigenvalue weighted by atomic mass is 9.99. The largest absolute Gasteiger partial charge is 0.378 e. The molecular formula is C13H17ClF2N2O. The maximum Gasteiger partial charge on any atom is 0.142 e. The standard InChI is InChI=1S/C13H17ClF2N2O/c14-10-7-11(15)9(6-12(10)16)13(18-17)4-3-8-2-1-5-19-8/h6-8,13,18H,1-5,17H2. The molecule has 1 heterocycles. The fourth-order valence-electron chi connectivity index (χ4n) is 2.36.